The number of nitrogens with zero attached hydrogens (tertiary/aromatic N) is 4. The van der Waals surface area contributed by atoms with Crippen LogP contribution in [0.1, 0.15) is 17.0 Å². The molecule has 102 valence electrons. The topological polar surface area (TPSA) is 72.9 Å². The van der Waals surface area contributed by atoms with Gasteiger partial charge in [-0.2, -0.15) is 5.10 Å². The lowest BCUT2D eigenvalue weighted by Gasteiger charge is -2.07. The molecule has 20 heavy (non-hydrogen) atoms. The number of benzene rings is 1. The van der Waals surface area contributed by atoms with Gasteiger partial charge in [0.05, 0.1) is 11.9 Å². The van der Waals surface area contributed by atoms with Gasteiger partial charge in [0, 0.05) is 0 Å². The third-order valence-corrected chi connectivity index (χ3v) is 3.48. The van der Waals surface area contributed by atoms with E-state index < -0.39 is 5.56 Å². The molecule has 2 heterocycles. The fraction of sp³-hybridized carbons (Fsp3) is 0.214. The predicted molar refractivity (Wildman–Crippen MR) is 74.5 cm³/mol. The zero-order valence-corrected chi connectivity index (χ0v) is 11.5. The Labute approximate surface area is 114 Å². The summed E-state index contributed by atoms with van der Waals surface area (Å²) in [5.41, 5.74) is 3.10. The summed E-state index contributed by atoms with van der Waals surface area (Å²) < 4.78 is 2.14. The molecule has 0 aliphatic heterocycles. The Kier molecular flexibility index (Phi) is 2.60. The van der Waals surface area contributed by atoms with Gasteiger partial charge in [-0.3, -0.25) is 4.79 Å². The van der Waals surface area contributed by atoms with Crippen molar-refractivity contribution in [3.8, 4) is 5.69 Å². The molecule has 0 aliphatic carbocycles. The molecule has 1 aromatic carbocycles. The monoisotopic (exact) mass is 270 g/mol. The lowest BCUT2D eigenvalue weighted by molar-refractivity contribution is 0.166. The molecule has 0 unspecified atom stereocenters. The maximum absolute atomic E-state index is 11.9. The Bertz CT molecular complexity index is 877. The van der Waals surface area contributed by atoms with E-state index in [9.17, 15) is 10.0 Å². The van der Waals surface area contributed by atoms with Crippen LogP contribution in [0.5, 0.6) is 0 Å². The SMILES string of the molecule is Cc1ccc(-n2ncc3c(=O)n(O)c(C)nc32)cc1C. The average molecular weight is 270 g/mol. The molecule has 0 amide bonds. The first-order valence-corrected chi connectivity index (χ1v) is 6.23. The molecule has 6 nitrogen and oxygen atoms in total. The molecule has 0 atom stereocenters. The molecule has 1 N–H and O–H groups in total. The minimum atomic E-state index is -0.511. The van der Waals surface area contributed by atoms with Crippen molar-refractivity contribution < 1.29 is 5.21 Å². The Morgan fingerprint density at radius 1 is 1.15 bits per heavy atom. The van der Waals surface area contributed by atoms with Crippen LogP contribution in [-0.4, -0.2) is 24.7 Å². The maximum Gasteiger partial charge on any atom is 0.297 e. The third kappa shape index (κ3) is 1.69. The molecule has 6 heteroatoms. The Balaban J connectivity index is 2.32. The molecule has 3 aromatic rings. The summed E-state index contributed by atoms with van der Waals surface area (Å²) in [4.78, 5) is 16.2. The van der Waals surface area contributed by atoms with E-state index >= 15 is 0 Å². The first-order valence-electron chi connectivity index (χ1n) is 6.23. The highest BCUT2D eigenvalue weighted by molar-refractivity contribution is 5.75. The van der Waals surface area contributed by atoms with Crippen LogP contribution in [0.4, 0.5) is 0 Å². The van der Waals surface area contributed by atoms with Gasteiger partial charge < -0.3 is 5.21 Å². The highest BCUT2D eigenvalue weighted by Crippen LogP contribution is 2.17. The van der Waals surface area contributed by atoms with E-state index in [1.165, 1.54) is 11.8 Å². The summed E-state index contributed by atoms with van der Waals surface area (Å²) in [6, 6.07) is 5.91. The van der Waals surface area contributed by atoms with Crippen molar-refractivity contribution in [1.29, 1.82) is 0 Å². The van der Waals surface area contributed by atoms with Crippen molar-refractivity contribution in [1.82, 2.24) is 19.5 Å². The van der Waals surface area contributed by atoms with Crippen molar-refractivity contribution in [3.63, 3.8) is 0 Å². The second-order valence-corrected chi connectivity index (χ2v) is 4.84. The van der Waals surface area contributed by atoms with E-state index in [0.717, 1.165) is 11.3 Å². The summed E-state index contributed by atoms with van der Waals surface area (Å²) in [7, 11) is 0. The van der Waals surface area contributed by atoms with Crippen LogP contribution in [-0.2, 0) is 0 Å². The highest BCUT2D eigenvalue weighted by Gasteiger charge is 2.13. The zero-order valence-electron chi connectivity index (χ0n) is 11.5. The van der Waals surface area contributed by atoms with Crippen LogP contribution in [0.25, 0.3) is 16.7 Å². The normalized spacial score (nSPS) is 11.2. The number of rotatable bonds is 1. The van der Waals surface area contributed by atoms with Crippen LogP contribution in [0.3, 0.4) is 0 Å². The van der Waals surface area contributed by atoms with Gasteiger partial charge >= 0.3 is 0 Å². The summed E-state index contributed by atoms with van der Waals surface area (Å²) in [6.07, 6.45) is 1.42. The summed E-state index contributed by atoms with van der Waals surface area (Å²) >= 11 is 0. The Morgan fingerprint density at radius 3 is 2.60 bits per heavy atom. The molecule has 0 bridgehead atoms. The Hall–Kier alpha value is -2.63. The summed E-state index contributed by atoms with van der Waals surface area (Å²) in [6.45, 7) is 5.62. The number of aromatic nitrogens is 4. The van der Waals surface area contributed by atoms with E-state index in [-0.39, 0.29) is 11.2 Å². The number of aryl methyl sites for hydroxylation is 3. The fourth-order valence-electron chi connectivity index (χ4n) is 2.11. The van der Waals surface area contributed by atoms with E-state index in [0.29, 0.717) is 10.4 Å². The van der Waals surface area contributed by atoms with Gasteiger partial charge in [0.2, 0.25) is 0 Å². The largest absolute Gasteiger partial charge is 0.424 e. The molecule has 0 radical (unpaired) electrons. The molecule has 0 saturated heterocycles. The number of hydrogen-bond donors (Lipinski definition) is 1. The van der Waals surface area contributed by atoms with Crippen molar-refractivity contribution in [3.05, 3.63) is 51.7 Å². The van der Waals surface area contributed by atoms with Crippen molar-refractivity contribution in [2.75, 3.05) is 0 Å². The standard InChI is InChI=1S/C14H14N4O2/c1-8-4-5-11(6-9(8)2)17-13-12(7-15-17)14(19)18(20)10(3)16-13/h4-7,20H,1-3H3. The summed E-state index contributed by atoms with van der Waals surface area (Å²) in [5, 5.41) is 14.1. The molecule has 0 aliphatic rings. The smallest absolute Gasteiger partial charge is 0.297 e. The number of hydrogen-bond acceptors (Lipinski definition) is 4. The van der Waals surface area contributed by atoms with E-state index in [1.807, 2.05) is 32.0 Å². The van der Waals surface area contributed by atoms with Gasteiger partial charge in [-0.15, -0.1) is 4.73 Å². The first-order chi connectivity index (χ1) is 9.49. The molecular weight excluding hydrogens is 256 g/mol. The third-order valence-electron chi connectivity index (χ3n) is 3.48. The molecular formula is C14H14N4O2. The zero-order chi connectivity index (χ0) is 14.4. The van der Waals surface area contributed by atoms with Gasteiger partial charge in [-0.05, 0) is 44.0 Å². The molecule has 2 aromatic heterocycles. The minimum absolute atomic E-state index is 0.230. The van der Waals surface area contributed by atoms with E-state index in [2.05, 4.69) is 10.1 Å². The van der Waals surface area contributed by atoms with Gasteiger partial charge in [0.25, 0.3) is 5.56 Å². The molecule has 0 saturated carbocycles. The van der Waals surface area contributed by atoms with Crippen LogP contribution in [0.2, 0.25) is 0 Å². The second-order valence-electron chi connectivity index (χ2n) is 4.84. The maximum atomic E-state index is 11.9. The lowest BCUT2D eigenvalue weighted by Crippen LogP contribution is -2.21. The van der Waals surface area contributed by atoms with Crippen LogP contribution in [0.15, 0.2) is 29.2 Å². The minimum Gasteiger partial charge on any atom is -0.424 e. The first kappa shape index (κ1) is 12.4. The van der Waals surface area contributed by atoms with Crippen molar-refractivity contribution >= 4 is 11.0 Å². The second kappa shape index (κ2) is 4.19. The Morgan fingerprint density at radius 2 is 1.90 bits per heavy atom. The average Bonchev–Trinajstić information content (AvgIpc) is 2.83. The van der Waals surface area contributed by atoms with E-state index in [1.54, 1.807) is 11.6 Å². The van der Waals surface area contributed by atoms with Gasteiger partial charge in [-0.25, -0.2) is 9.67 Å². The van der Waals surface area contributed by atoms with Crippen LogP contribution >= 0.6 is 0 Å². The lowest BCUT2D eigenvalue weighted by atomic mass is 10.1. The van der Waals surface area contributed by atoms with Gasteiger partial charge in [0.15, 0.2) is 5.65 Å². The molecule has 0 fully saturated rings. The molecule has 0 spiro atoms. The van der Waals surface area contributed by atoms with Crippen LogP contribution in [0, 0.1) is 20.8 Å². The van der Waals surface area contributed by atoms with Gasteiger partial charge in [0.1, 0.15) is 11.2 Å². The summed E-state index contributed by atoms with van der Waals surface area (Å²) in [5.74, 6) is 0.230. The van der Waals surface area contributed by atoms with Crippen LogP contribution < -0.4 is 5.56 Å². The molecule has 3 rings (SSSR count). The van der Waals surface area contributed by atoms with Gasteiger partial charge in [-0.1, -0.05) is 6.07 Å². The van der Waals surface area contributed by atoms with Crippen molar-refractivity contribution in [2.24, 2.45) is 0 Å². The van der Waals surface area contributed by atoms with Crippen molar-refractivity contribution in [2.45, 2.75) is 20.8 Å². The predicted octanol–water partition coefficient (Wildman–Crippen LogP) is 1.74. The quantitative estimate of drug-likeness (QED) is 0.684. The fourth-order valence-corrected chi connectivity index (χ4v) is 2.11. The van der Waals surface area contributed by atoms with E-state index in [4.69, 9.17) is 0 Å². The highest BCUT2D eigenvalue weighted by atomic mass is 16.5. The number of fused-ring (bicyclic) bond motifs is 1.